The van der Waals surface area contributed by atoms with Crippen molar-refractivity contribution >= 4 is 17.7 Å². The van der Waals surface area contributed by atoms with Crippen LogP contribution in [-0.2, 0) is 29.6 Å². The number of nitrogens with zero attached hydrogens (tertiary/aromatic N) is 2. The van der Waals surface area contributed by atoms with Gasteiger partial charge in [0.25, 0.3) is 5.56 Å². The van der Waals surface area contributed by atoms with Crippen molar-refractivity contribution in [2.75, 3.05) is 7.11 Å². The minimum absolute atomic E-state index is 0.164. The first kappa shape index (κ1) is 21.2. The van der Waals surface area contributed by atoms with Crippen LogP contribution in [0.3, 0.4) is 0 Å². The maximum absolute atomic E-state index is 13.0. The summed E-state index contributed by atoms with van der Waals surface area (Å²) in [6, 6.07) is 9.71. The Balaban J connectivity index is 2.40. The molecule has 7 heteroatoms. The number of carbonyl (C=O) groups is 1. The van der Waals surface area contributed by atoms with Crippen LogP contribution >= 0.6 is 11.8 Å². The van der Waals surface area contributed by atoms with Gasteiger partial charge in [-0.1, -0.05) is 61.9 Å². The first-order chi connectivity index (χ1) is 13.0. The fraction of sp³-hybridized carbons (Fsp3) is 0.450. The maximum Gasteiger partial charge on any atom is 0.317 e. The Hall–Kier alpha value is -2.12. The fourth-order valence-electron chi connectivity index (χ4n) is 2.76. The molecule has 0 aliphatic carbocycles. The molecule has 1 N–H and O–H groups in total. The Labute approximate surface area is 163 Å². The third-order valence-electron chi connectivity index (χ3n) is 4.28. The molecule has 0 aliphatic rings. The molecule has 0 saturated heterocycles. The number of unbranched alkanes of at least 4 members (excludes halogenated alkanes) is 1. The molecular weight excluding hydrogens is 364 g/mol. The van der Waals surface area contributed by atoms with Crippen molar-refractivity contribution < 1.29 is 14.6 Å². The Morgan fingerprint density at radius 2 is 2.04 bits per heavy atom. The van der Waals surface area contributed by atoms with E-state index in [1.54, 1.807) is 14.2 Å². The Morgan fingerprint density at radius 1 is 1.33 bits per heavy atom. The molecule has 0 fully saturated rings. The molecule has 2 aromatic rings. The van der Waals surface area contributed by atoms with Crippen molar-refractivity contribution in [3.8, 4) is 0 Å². The number of thioether (sulfide) groups is 1. The highest BCUT2D eigenvalue weighted by atomic mass is 32.2. The first-order valence-corrected chi connectivity index (χ1v) is 9.87. The highest BCUT2D eigenvalue weighted by molar-refractivity contribution is 8.00. The van der Waals surface area contributed by atoms with Crippen LogP contribution in [-0.4, -0.2) is 33.0 Å². The third-order valence-corrected chi connectivity index (χ3v) is 5.57. The molecule has 0 saturated carbocycles. The standard InChI is InChI=1S/C20H26N2O4S/c1-4-5-11-17(19(24)25)27-20-21-16(13-26-3)15(18(23)22(20)2)12-14-9-7-6-8-10-14/h6-10,17H,4-5,11-13H2,1-3H3,(H,24,25). The van der Waals surface area contributed by atoms with E-state index in [0.717, 1.165) is 30.2 Å². The quantitative estimate of drug-likeness (QED) is 0.495. The van der Waals surface area contributed by atoms with E-state index in [4.69, 9.17) is 4.74 Å². The van der Waals surface area contributed by atoms with Crippen molar-refractivity contribution in [2.45, 2.75) is 49.6 Å². The molecule has 1 atom stereocenters. The molecule has 2 rings (SSSR count). The van der Waals surface area contributed by atoms with Crippen molar-refractivity contribution in [1.82, 2.24) is 9.55 Å². The number of methoxy groups -OCH3 is 1. The molecule has 27 heavy (non-hydrogen) atoms. The number of hydrogen-bond donors (Lipinski definition) is 1. The minimum atomic E-state index is -0.885. The Morgan fingerprint density at radius 3 is 2.63 bits per heavy atom. The Kier molecular flexibility index (Phi) is 8.06. The third kappa shape index (κ3) is 5.68. The number of carboxylic acid groups (broad SMARTS) is 1. The molecule has 1 unspecified atom stereocenters. The van der Waals surface area contributed by atoms with Gasteiger partial charge in [0, 0.05) is 26.1 Å². The van der Waals surface area contributed by atoms with Gasteiger partial charge in [0.1, 0.15) is 5.25 Å². The summed E-state index contributed by atoms with van der Waals surface area (Å²) in [4.78, 5) is 29.1. The highest BCUT2D eigenvalue weighted by Crippen LogP contribution is 2.26. The topological polar surface area (TPSA) is 81.4 Å². The van der Waals surface area contributed by atoms with Crippen molar-refractivity contribution in [3.63, 3.8) is 0 Å². The van der Waals surface area contributed by atoms with E-state index in [0.29, 0.717) is 29.3 Å². The van der Waals surface area contributed by atoms with E-state index in [9.17, 15) is 14.7 Å². The van der Waals surface area contributed by atoms with Crippen molar-refractivity contribution in [2.24, 2.45) is 7.05 Å². The molecule has 0 aliphatic heterocycles. The van der Waals surface area contributed by atoms with Crippen LogP contribution in [0.2, 0.25) is 0 Å². The van der Waals surface area contributed by atoms with Gasteiger partial charge in [-0.15, -0.1) is 0 Å². The van der Waals surface area contributed by atoms with E-state index < -0.39 is 11.2 Å². The molecular formula is C20H26N2O4S. The lowest BCUT2D eigenvalue weighted by Gasteiger charge is -2.16. The van der Waals surface area contributed by atoms with Crippen molar-refractivity contribution in [3.05, 3.63) is 57.5 Å². The van der Waals surface area contributed by atoms with Crippen LogP contribution in [0.1, 0.15) is 43.0 Å². The summed E-state index contributed by atoms with van der Waals surface area (Å²) in [6.45, 7) is 2.23. The number of carboxylic acids is 1. The van der Waals surface area contributed by atoms with Crippen LogP contribution in [0, 0.1) is 0 Å². The zero-order chi connectivity index (χ0) is 19.8. The van der Waals surface area contributed by atoms with E-state index >= 15 is 0 Å². The zero-order valence-corrected chi connectivity index (χ0v) is 16.8. The first-order valence-electron chi connectivity index (χ1n) is 8.99. The summed E-state index contributed by atoms with van der Waals surface area (Å²) >= 11 is 1.13. The lowest BCUT2D eigenvalue weighted by Crippen LogP contribution is -2.28. The van der Waals surface area contributed by atoms with Gasteiger partial charge in [0.05, 0.1) is 12.3 Å². The molecule has 0 bridgehead atoms. The van der Waals surface area contributed by atoms with E-state index in [2.05, 4.69) is 4.98 Å². The van der Waals surface area contributed by atoms with Crippen LogP contribution in [0.4, 0.5) is 0 Å². The van der Waals surface area contributed by atoms with Crippen molar-refractivity contribution in [1.29, 1.82) is 0 Å². The fourth-order valence-corrected chi connectivity index (χ4v) is 3.80. The SMILES string of the molecule is CCCCC(Sc1nc(COC)c(Cc2ccccc2)c(=O)n1C)C(=O)O. The summed E-state index contributed by atoms with van der Waals surface area (Å²) in [5, 5.41) is 9.27. The predicted octanol–water partition coefficient (Wildman–Crippen LogP) is 3.25. The summed E-state index contributed by atoms with van der Waals surface area (Å²) in [5.74, 6) is -0.885. The summed E-state index contributed by atoms with van der Waals surface area (Å²) in [6.07, 6.45) is 2.73. The van der Waals surface area contributed by atoms with Gasteiger partial charge < -0.3 is 9.84 Å². The van der Waals surface area contributed by atoms with Crippen LogP contribution < -0.4 is 5.56 Å². The monoisotopic (exact) mass is 390 g/mol. The molecule has 0 amide bonds. The summed E-state index contributed by atoms with van der Waals surface area (Å²) < 4.78 is 6.69. The van der Waals surface area contributed by atoms with Gasteiger partial charge in [-0.05, 0) is 12.0 Å². The molecule has 6 nitrogen and oxygen atoms in total. The van der Waals surface area contributed by atoms with Crippen LogP contribution in [0.15, 0.2) is 40.3 Å². The number of hydrogen-bond acceptors (Lipinski definition) is 5. The smallest absolute Gasteiger partial charge is 0.317 e. The molecule has 146 valence electrons. The lowest BCUT2D eigenvalue weighted by atomic mass is 10.0. The summed E-state index contributed by atoms with van der Waals surface area (Å²) in [7, 11) is 3.20. The second-order valence-corrected chi connectivity index (χ2v) is 7.54. The number of ether oxygens (including phenoxy) is 1. The largest absolute Gasteiger partial charge is 0.480 e. The molecule has 1 aromatic carbocycles. The van der Waals surface area contributed by atoms with Gasteiger partial charge >= 0.3 is 5.97 Å². The van der Waals surface area contributed by atoms with Crippen LogP contribution in [0.5, 0.6) is 0 Å². The average Bonchev–Trinajstić information content (AvgIpc) is 2.66. The van der Waals surface area contributed by atoms with E-state index in [-0.39, 0.29) is 12.2 Å². The second kappa shape index (κ2) is 10.3. The second-order valence-electron chi connectivity index (χ2n) is 6.37. The molecule has 0 radical (unpaired) electrons. The van der Waals surface area contributed by atoms with E-state index in [1.165, 1.54) is 4.57 Å². The van der Waals surface area contributed by atoms with Gasteiger partial charge in [-0.25, -0.2) is 4.98 Å². The average molecular weight is 391 g/mol. The number of rotatable bonds is 10. The normalized spacial score (nSPS) is 12.1. The Bertz CT molecular complexity index is 821. The zero-order valence-electron chi connectivity index (χ0n) is 16.0. The van der Waals surface area contributed by atoms with Gasteiger partial charge in [0.2, 0.25) is 0 Å². The van der Waals surface area contributed by atoms with Gasteiger partial charge in [0.15, 0.2) is 5.16 Å². The maximum atomic E-state index is 13.0. The lowest BCUT2D eigenvalue weighted by molar-refractivity contribution is -0.136. The molecule has 1 aromatic heterocycles. The number of benzene rings is 1. The molecule has 0 spiro atoms. The number of aliphatic carboxylic acids is 1. The molecule has 1 heterocycles. The van der Waals surface area contributed by atoms with Gasteiger partial charge in [-0.3, -0.25) is 14.2 Å². The summed E-state index contributed by atoms with van der Waals surface area (Å²) in [5.41, 5.74) is 1.99. The minimum Gasteiger partial charge on any atom is -0.480 e. The van der Waals surface area contributed by atoms with E-state index in [1.807, 2.05) is 37.3 Å². The predicted molar refractivity (Wildman–Crippen MR) is 106 cm³/mol. The van der Waals surface area contributed by atoms with Gasteiger partial charge in [-0.2, -0.15) is 0 Å². The number of aromatic nitrogens is 2. The highest BCUT2D eigenvalue weighted by Gasteiger charge is 2.23. The van der Waals surface area contributed by atoms with Crippen LogP contribution in [0.25, 0.3) is 0 Å².